The Morgan fingerprint density at radius 3 is 2.22 bits per heavy atom. The summed E-state index contributed by atoms with van der Waals surface area (Å²) in [6, 6.07) is 16.2. The molecule has 37 heavy (non-hydrogen) atoms. The van der Waals surface area contributed by atoms with E-state index in [1.807, 2.05) is 0 Å². The Bertz CT molecular complexity index is 1470. The maximum Gasteiger partial charge on any atom is 0.288 e. The largest absolute Gasteiger partial charge is 0.493 e. The molecular formula is C26H22F2N2O5S2. The quantitative estimate of drug-likeness (QED) is 0.143. The maximum absolute atomic E-state index is 13.4. The summed E-state index contributed by atoms with van der Waals surface area (Å²) in [7, 11) is 4.40. The Labute approximate surface area is 219 Å². The van der Waals surface area contributed by atoms with Crippen LogP contribution in [-0.4, -0.2) is 48.2 Å². The van der Waals surface area contributed by atoms with Gasteiger partial charge >= 0.3 is 0 Å². The monoisotopic (exact) mass is 544 g/mol. The Morgan fingerprint density at radius 2 is 1.62 bits per heavy atom. The van der Waals surface area contributed by atoms with Gasteiger partial charge < -0.3 is 14.2 Å². The molecule has 0 spiro atoms. The Morgan fingerprint density at radius 1 is 0.973 bits per heavy atom. The maximum atomic E-state index is 13.4. The van der Waals surface area contributed by atoms with Gasteiger partial charge in [-0.15, -0.1) is 0 Å². The molecule has 1 aromatic heterocycles. The van der Waals surface area contributed by atoms with Gasteiger partial charge in [0.15, 0.2) is 22.4 Å². The fraction of sp³-hybridized carbons (Fsp3) is 0.192. The lowest BCUT2D eigenvalue weighted by molar-refractivity contribution is 0.102. The predicted molar refractivity (Wildman–Crippen MR) is 140 cm³/mol. The molecule has 4 aromatic rings. The van der Waals surface area contributed by atoms with Crippen LogP contribution in [0.5, 0.6) is 17.2 Å². The van der Waals surface area contributed by atoms with E-state index in [2.05, 4.69) is 4.98 Å². The summed E-state index contributed by atoms with van der Waals surface area (Å²) in [5, 5.41) is 0.688. The zero-order valence-electron chi connectivity index (χ0n) is 20.1. The van der Waals surface area contributed by atoms with E-state index in [0.717, 1.165) is 11.8 Å². The number of ether oxygens (including phenoxy) is 3. The van der Waals surface area contributed by atoms with Crippen LogP contribution in [0.15, 0.2) is 75.5 Å². The van der Waals surface area contributed by atoms with Crippen LogP contribution in [0, 0.1) is 0 Å². The molecule has 0 N–H and O–H groups in total. The van der Waals surface area contributed by atoms with Crippen LogP contribution in [0.3, 0.4) is 0 Å². The van der Waals surface area contributed by atoms with Gasteiger partial charge in [0.1, 0.15) is 0 Å². The highest BCUT2D eigenvalue weighted by Crippen LogP contribution is 2.38. The van der Waals surface area contributed by atoms with Crippen molar-refractivity contribution >= 4 is 40.2 Å². The molecule has 0 saturated heterocycles. The number of thioether (sulfide) groups is 2. The van der Waals surface area contributed by atoms with Crippen molar-refractivity contribution in [2.45, 2.75) is 15.8 Å². The number of fused-ring (bicyclic) bond motifs is 1. The van der Waals surface area contributed by atoms with Crippen molar-refractivity contribution in [2.75, 3.05) is 27.1 Å². The van der Waals surface area contributed by atoms with E-state index in [9.17, 15) is 18.4 Å². The third-order valence-electron chi connectivity index (χ3n) is 5.38. The van der Waals surface area contributed by atoms with Gasteiger partial charge in [-0.05, 0) is 48.5 Å². The van der Waals surface area contributed by atoms with E-state index in [1.54, 1.807) is 48.5 Å². The molecule has 0 aliphatic heterocycles. The van der Waals surface area contributed by atoms with E-state index >= 15 is 0 Å². The van der Waals surface area contributed by atoms with Crippen LogP contribution in [0.25, 0.3) is 16.6 Å². The molecule has 4 rings (SSSR count). The highest BCUT2D eigenvalue weighted by Gasteiger charge is 2.19. The highest BCUT2D eigenvalue weighted by molar-refractivity contribution is 8.00. The third-order valence-corrected chi connectivity index (χ3v) is 7.05. The van der Waals surface area contributed by atoms with Crippen molar-refractivity contribution < 1.29 is 27.8 Å². The standard InChI is InChI=1S/C26H22F2N2O5S2/c1-33-21-12-15(13-22(34-2)23(21)35-3)20(31)14-36-26-29-19-7-5-4-6-18(19)24(32)30(26)16-8-10-17(11-9-16)37-25(27)28/h4-13,25H,14H2,1-3H3. The smallest absolute Gasteiger partial charge is 0.288 e. The topological polar surface area (TPSA) is 79.7 Å². The van der Waals surface area contributed by atoms with Gasteiger partial charge in [0, 0.05) is 10.5 Å². The number of benzene rings is 3. The summed E-state index contributed by atoms with van der Waals surface area (Å²) in [6.45, 7) is 0. The lowest BCUT2D eigenvalue weighted by Gasteiger charge is -2.15. The number of carbonyl (C=O) groups is 1. The van der Waals surface area contributed by atoms with Crippen molar-refractivity contribution in [3.8, 4) is 22.9 Å². The van der Waals surface area contributed by atoms with Gasteiger partial charge in [0.2, 0.25) is 5.75 Å². The Kier molecular flexibility index (Phi) is 8.34. The van der Waals surface area contributed by atoms with Crippen molar-refractivity contribution in [1.29, 1.82) is 0 Å². The molecule has 0 radical (unpaired) electrons. The first-order chi connectivity index (χ1) is 17.9. The van der Waals surface area contributed by atoms with Gasteiger partial charge in [-0.25, -0.2) is 4.98 Å². The summed E-state index contributed by atoms with van der Waals surface area (Å²) in [6.07, 6.45) is 0. The Hall–Kier alpha value is -3.57. The Balaban J connectivity index is 1.71. The second-order valence-corrected chi connectivity index (χ2v) is 9.56. The van der Waals surface area contributed by atoms with Gasteiger partial charge in [-0.2, -0.15) is 8.78 Å². The minimum Gasteiger partial charge on any atom is -0.493 e. The van der Waals surface area contributed by atoms with Gasteiger partial charge in [0.25, 0.3) is 11.3 Å². The minimum absolute atomic E-state index is 0.0390. The van der Waals surface area contributed by atoms with E-state index in [4.69, 9.17) is 14.2 Å². The van der Waals surface area contributed by atoms with Crippen LogP contribution < -0.4 is 19.8 Å². The first-order valence-electron chi connectivity index (χ1n) is 10.9. The number of halogens is 2. The van der Waals surface area contributed by atoms with Crippen LogP contribution in [-0.2, 0) is 0 Å². The predicted octanol–water partition coefficient (Wildman–Crippen LogP) is 5.70. The number of nitrogens with zero attached hydrogens (tertiary/aromatic N) is 2. The van der Waals surface area contributed by atoms with Crippen molar-refractivity contribution in [3.05, 3.63) is 76.6 Å². The summed E-state index contributed by atoms with van der Waals surface area (Å²) in [5.41, 5.74) is 0.939. The average Bonchev–Trinajstić information content (AvgIpc) is 2.91. The lowest BCUT2D eigenvalue weighted by atomic mass is 10.1. The number of rotatable bonds is 10. The molecule has 0 atom stereocenters. The number of para-hydroxylation sites is 1. The van der Waals surface area contributed by atoms with Gasteiger partial charge in [-0.3, -0.25) is 14.2 Å². The number of alkyl halides is 2. The zero-order chi connectivity index (χ0) is 26.5. The van der Waals surface area contributed by atoms with Crippen LogP contribution >= 0.6 is 23.5 Å². The molecule has 7 nitrogen and oxygen atoms in total. The molecular weight excluding hydrogens is 522 g/mol. The summed E-state index contributed by atoms with van der Waals surface area (Å²) < 4.78 is 42.8. The van der Waals surface area contributed by atoms with Gasteiger partial charge in [-0.1, -0.05) is 35.7 Å². The molecule has 1 heterocycles. The molecule has 11 heteroatoms. The average molecular weight is 545 g/mol. The molecule has 0 amide bonds. The van der Waals surface area contributed by atoms with Crippen molar-refractivity contribution in [1.82, 2.24) is 9.55 Å². The number of Topliss-reactive ketones (excluding diaryl/α,β-unsaturated/α-hetero) is 1. The molecule has 0 saturated carbocycles. The van der Waals surface area contributed by atoms with Gasteiger partial charge in [0.05, 0.1) is 43.7 Å². The summed E-state index contributed by atoms with van der Waals surface area (Å²) in [5.74, 6) is -1.78. The molecule has 0 fully saturated rings. The number of hydrogen-bond acceptors (Lipinski definition) is 8. The van der Waals surface area contributed by atoms with Crippen molar-refractivity contribution in [3.63, 3.8) is 0 Å². The van der Waals surface area contributed by atoms with E-state index in [0.29, 0.717) is 61.2 Å². The number of hydrogen-bond donors (Lipinski definition) is 0. The second kappa shape index (κ2) is 11.7. The molecule has 0 aliphatic rings. The van der Waals surface area contributed by atoms with Crippen LogP contribution in [0.2, 0.25) is 0 Å². The van der Waals surface area contributed by atoms with Crippen LogP contribution in [0.1, 0.15) is 10.4 Å². The number of ketones is 1. The SMILES string of the molecule is COc1cc(C(=O)CSc2nc3ccccc3c(=O)n2-c2ccc(SC(F)F)cc2)cc(OC)c1OC. The summed E-state index contributed by atoms with van der Waals surface area (Å²) >= 11 is 1.51. The summed E-state index contributed by atoms with van der Waals surface area (Å²) in [4.78, 5) is 31.5. The number of methoxy groups -OCH3 is 3. The minimum atomic E-state index is -2.55. The fourth-order valence-electron chi connectivity index (χ4n) is 3.67. The number of carbonyl (C=O) groups excluding carboxylic acids is 1. The second-order valence-electron chi connectivity index (χ2n) is 7.55. The fourth-order valence-corrected chi connectivity index (χ4v) is 5.08. The zero-order valence-corrected chi connectivity index (χ0v) is 21.7. The first-order valence-corrected chi connectivity index (χ1v) is 12.8. The third kappa shape index (κ3) is 5.72. The molecule has 0 bridgehead atoms. The van der Waals surface area contributed by atoms with E-state index in [-0.39, 0.29) is 17.1 Å². The van der Waals surface area contributed by atoms with Crippen molar-refractivity contribution in [2.24, 2.45) is 0 Å². The molecule has 0 aliphatic carbocycles. The van der Waals surface area contributed by atoms with E-state index < -0.39 is 5.76 Å². The molecule has 0 unspecified atom stereocenters. The van der Waals surface area contributed by atoms with E-state index in [1.165, 1.54) is 38.0 Å². The first kappa shape index (κ1) is 26.5. The molecule has 3 aromatic carbocycles. The highest BCUT2D eigenvalue weighted by atomic mass is 32.2. The number of aromatic nitrogens is 2. The lowest BCUT2D eigenvalue weighted by Crippen LogP contribution is -2.22. The van der Waals surface area contributed by atoms with Crippen LogP contribution in [0.4, 0.5) is 8.78 Å². The normalized spacial score (nSPS) is 11.1. The molecule has 192 valence electrons.